The molecule has 0 bridgehead atoms. The summed E-state index contributed by atoms with van der Waals surface area (Å²) in [5, 5.41) is 4.66. The molecule has 1 aromatic heterocycles. The molecule has 1 N–H and O–H groups in total. The summed E-state index contributed by atoms with van der Waals surface area (Å²) in [6.45, 7) is 3.30. The lowest BCUT2D eigenvalue weighted by Crippen LogP contribution is -2.11. The first-order valence-electron chi connectivity index (χ1n) is 6.62. The van der Waals surface area contributed by atoms with Crippen molar-refractivity contribution in [1.82, 2.24) is 9.97 Å². The first-order valence-corrected chi connectivity index (χ1v) is 7.50. The normalized spacial score (nSPS) is 18.2. The molecule has 1 atom stereocenters. The molecule has 2 aromatic rings. The molecule has 1 aromatic carbocycles. The summed E-state index contributed by atoms with van der Waals surface area (Å²) in [7, 11) is 0. The van der Waals surface area contributed by atoms with E-state index < -0.39 is 0 Å². The number of aromatic nitrogens is 2. The van der Waals surface area contributed by atoms with Crippen molar-refractivity contribution in [3.8, 4) is 0 Å². The molecule has 104 valence electrons. The van der Waals surface area contributed by atoms with E-state index in [9.17, 15) is 4.79 Å². The molecule has 0 radical (unpaired) electrons. The highest BCUT2D eigenvalue weighted by molar-refractivity contribution is 8.00. The van der Waals surface area contributed by atoms with Crippen LogP contribution in [0.25, 0.3) is 10.9 Å². The molecule has 1 aliphatic heterocycles. The summed E-state index contributed by atoms with van der Waals surface area (Å²) in [4.78, 5) is 20.6. The van der Waals surface area contributed by atoms with Crippen molar-refractivity contribution in [3.05, 3.63) is 24.3 Å². The van der Waals surface area contributed by atoms with E-state index in [0.717, 1.165) is 29.7 Å². The highest BCUT2D eigenvalue weighted by atomic mass is 32.2. The van der Waals surface area contributed by atoms with Gasteiger partial charge in [0, 0.05) is 18.4 Å². The summed E-state index contributed by atoms with van der Waals surface area (Å²) < 4.78 is 4.97. The lowest BCUT2D eigenvalue weighted by atomic mass is 10.2. The largest absolute Gasteiger partial charge is 0.465 e. The molecule has 20 heavy (non-hydrogen) atoms. The molecule has 1 saturated heterocycles. The fourth-order valence-electron chi connectivity index (χ4n) is 2.12. The molecule has 0 saturated carbocycles. The minimum atomic E-state index is -0.189. The van der Waals surface area contributed by atoms with Gasteiger partial charge in [0.05, 0.1) is 12.1 Å². The number of para-hydroxylation sites is 1. The molecule has 1 aliphatic rings. The Hall–Kier alpha value is -1.82. The zero-order valence-electron chi connectivity index (χ0n) is 11.1. The molecule has 0 spiro atoms. The van der Waals surface area contributed by atoms with Crippen molar-refractivity contribution in [2.45, 2.75) is 23.8 Å². The monoisotopic (exact) mass is 289 g/mol. The number of carbonyl (C=O) groups excluding carboxylic acids is 1. The van der Waals surface area contributed by atoms with Crippen molar-refractivity contribution in [2.75, 3.05) is 18.5 Å². The summed E-state index contributed by atoms with van der Waals surface area (Å²) in [5.74, 6) is 0.642. The van der Waals surface area contributed by atoms with Crippen LogP contribution < -0.4 is 5.32 Å². The Morgan fingerprint density at radius 1 is 1.40 bits per heavy atom. The molecular formula is C14H15N3O2S. The minimum absolute atomic E-state index is 0.170. The van der Waals surface area contributed by atoms with Crippen LogP contribution in [0.15, 0.2) is 29.4 Å². The van der Waals surface area contributed by atoms with Gasteiger partial charge in [-0.05, 0) is 19.1 Å². The first kappa shape index (κ1) is 13.2. The van der Waals surface area contributed by atoms with Crippen LogP contribution in [0.4, 0.5) is 5.82 Å². The van der Waals surface area contributed by atoms with Gasteiger partial charge in [-0.1, -0.05) is 23.9 Å². The number of benzene rings is 1. The van der Waals surface area contributed by atoms with Crippen molar-refractivity contribution < 1.29 is 9.53 Å². The van der Waals surface area contributed by atoms with Gasteiger partial charge in [-0.3, -0.25) is 4.79 Å². The van der Waals surface area contributed by atoms with Gasteiger partial charge < -0.3 is 10.1 Å². The summed E-state index contributed by atoms with van der Waals surface area (Å²) >= 11 is 1.38. The Morgan fingerprint density at radius 2 is 2.25 bits per heavy atom. The van der Waals surface area contributed by atoms with Crippen molar-refractivity contribution in [1.29, 1.82) is 0 Å². The zero-order valence-corrected chi connectivity index (χ0v) is 11.9. The quantitative estimate of drug-likeness (QED) is 0.689. The van der Waals surface area contributed by atoms with Gasteiger partial charge in [0.1, 0.15) is 11.1 Å². The maximum atomic E-state index is 11.5. The predicted octanol–water partition coefficient (Wildman–Crippen LogP) is 2.47. The molecule has 1 fully saturated rings. The van der Waals surface area contributed by atoms with Crippen molar-refractivity contribution in [2.24, 2.45) is 0 Å². The number of nitrogens with zero attached hydrogens (tertiary/aromatic N) is 2. The van der Waals surface area contributed by atoms with E-state index in [1.165, 1.54) is 11.8 Å². The maximum Gasteiger partial charge on any atom is 0.319 e. The number of fused-ring (bicyclic) bond motifs is 1. The average Bonchev–Trinajstić information content (AvgIpc) is 2.85. The number of hydrogen-bond acceptors (Lipinski definition) is 6. The number of thioether (sulfide) groups is 1. The average molecular weight is 289 g/mol. The number of cyclic esters (lactones) is 1. The van der Waals surface area contributed by atoms with Gasteiger partial charge in [0.15, 0.2) is 5.16 Å². The van der Waals surface area contributed by atoms with Crippen LogP contribution >= 0.6 is 11.8 Å². The van der Waals surface area contributed by atoms with Gasteiger partial charge in [-0.2, -0.15) is 0 Å². The number of rotatable bonds is 4. The second-order valence-corrected chi connectivity index (χ2v) is 5.63. The molecule has 3 rings (SSSR count). The topological polar surface area (TPSA) is 64.1 Å². The lowest BCUT2D eigenvalue weighted by Gasteiger charge is -2.10. The third-order valence-corrected chi connectivity index (χ3v) is 4.17. The van der Waals surface area contributed by atoms with E-state index in [2.05, 4.69) is 15.3 Å². The fraction of sp³-hybridized carbons (Fsp3) is 0.357. The Bertz CT molecular complexity index is 647. The Morgan fingerprint density at radius 3 is 3.00 bits per heavy atom. The van der Waals surface area contributed by atoms with Crippen LogP contribution in [0.2, 0.25) is 0 Å². The van der Waals surface area contributed by atoms with Crippen LogP contribution in [0, 0.1) is 0 Å². The van der Waals surface area contributed by atoms with Crippen LogP contribution in [0.1, 0.15) is 13.3 Å². The highest BCUT2D eigenvalue weighted by Crippen LogP contribution is 2.30. The van der Waals surface area contributed by atoms with E-state index in [4.69, 9.17) is 4.74 Å². The SMILES string of the molecule is CCNc1nc(SC2CCOC2=O)nc2ccccc12. The van der Waals surface area contributed by atoms with Crippen LogP contribution in [-0.4, -0.2) is 34.3 Å². The van der Waals surface area contributed by atoms with Crippen molar-refractivity contribution >= 4 is 34.5 Å². The van der Waals surface area contributed by atoms with Crippen molar-refractivity contribution in [3.63, 3.8) is 0 Å². The molecular weight excluding hydrogens is 274 g/mol. The second kappa shape index (κ2) is 5.66. The summed E-state index contributed by atoms with van der Waals surface area (Å²) in [6.07, 6.45) is 0.718. The number of carbonyl (C=O) groups is 1. The lowest BCUT2D eigenvalue weighted by molar-refractivity contribution is -0.137. The molecule has 1 unspecified atom stereocenters. The number of esters is 1. The van der Waals surface area contributed by atoms with Crippen LogP contribution in [0.3, 0.4) is 0 Å². The summed E-state index contributed by atoms with van der Waals surface area (Å²) in [5.41, 5.74) is 0.882. The third-order valence-electron chi connectivity index (χ3n) is 3.06. The summed E-state index contributed by atoms with van der Waals surface area (Å²) in [6, 6.07) is 7.86. The minimum Gasteiger partial charge on any atom is -0.465 e. The number of hydrogen-bond donors (Lipinski definition) is 1. The smallest absolute Gasteiger partial charge is 0.319 e. The van der Waals surface area contributed by atoms with E-state index in [0.29, 0.717) is 11.8 Å². The fourth-order valence-corrected chi connectivity index (χ4v) is 3.05. The van der Waals surface area contributed by atoms with E-state index in [-0.39, 0.29) is 11.2 Å². The Balaban J connectivity index is 1.96. The highest BCUT2D eigenvalue weighted by Gasteiger charge is 2.28. The zero-order chi connectivity index (χ0) is 13.9. The molecule has 0 amide bonds. The van der Waals surface area contributed by atoms with Gasteiger partial charge >= 0.3 is 5.97 Å². The van der Waals surface area contributed by atoms with E-state index in [1.807, 2.05) is 31.2 Å². The van der Waals surface area contributed by atoms with E-state index in [1.54, 1.807) is 0 Å². The van der Waals surface area contributed by atoms with E-state index >= 15 is 0 Å². The second-order valence-electron chi connectivity index (χ2n) is 4.46. The number of ether oxygens (including phenoxy) is 1. The molecule has 2 heterocycles. The van der Waals surface area contributed by atoms with Gasteiger partial charge in [0.2, 0.25) is 0 Å². The standard InChI is InChI=1S/C14H15N3O2S/c1-2-15-12-9-5-3-4-6-10(9)16-14(17-12)20-11-7-8-19-13(11)18/h3-6,11H,2,7-8H2,1H3,(H,15,16,17). The first-order chi connectivity index (χ1) is 9.78. The van der Waals surface area contributed by atoms with Gasteiger partial charge in [-0.25, -0.2) is 9.97 Å². The third kappa shape index (κ3) is 2.56. The predicted molar refractivity (Wildman–Crippen MR) is 78.9 cm³/mol. The Kier molecular flexibility index (Phi) is 3.73. The number of anilines is 1. The maximum absolute atomic E-state index is 11.5. The molecule has 0 aliphatic carbocycles. The molecule has 6 heteroatoms. The number of nitrogens with one attached hydrogen (secondary N) is 1. The van der Waals surface area contributed by atoms with Gasteiger partial charge in [0.25, 0.3) is 0 Å². The Labute approximate surface area is 121 Å². The molecule has 5 nitrogen and oxygen atoms in total. The van der Waals surface area contributed by atoms with Crippen LogP contribution in [-0.2, 0) is 9.53 Å². The van der Waals surface area contributed by atoms with Gasteiger partial charge in [-0.15, -0.1) is 0 Å². The van der Waals surface area contributed by atoms with Crippen LogP contribution in [0.5, 0.6) is 0 Å².